The molecule has 0 bridgehead atoms. The van der Waals surface area contributed by atoms with Gasteiger partial charge in [0.25, 0.3) is 0 Å². The molecule has 3 nitrogen and oxygen atoms in total. The molecule has 0 saturated heterocycles. The molecular formula is C5H9O3S. The van der Waals surface area contributed by atoms with Gasteiger partial charge in [-0.2, -0.15) is 0 Å². The van der Waals surface area contributed by atoms with Gasteiger partial charge in [-0.15, -0.1) is 0 Å². The van der Waals surface area contributed by atoms with Crippen LogP contribution < -0.4 is 0 Å². The van der Waals surface area contributed by atoms with Crippen LogP contribution in [0.3, 0.4) is 0 Å². The Hall–Kier alpha value is -0.220. The fraction of sp³-hybridized carbons (Fsp3) is 0.600. The number of aliphatic hydroxyl groups is 1. The Balaban J connectivity index is 3.06. The molecule has 0 aromatic carbocycles. The standard InChI is InChI=1S/C5H9O3S/c1-2-8-5(7)9-4-3-6/h2,6H,3-4H2,1H3. The smallest absolute Gasteiger partial charge is 0.367 e. The maximum absolute atomic E-state index is 10.4. The molecule has 0 spiro atoms. The first kappa shape index (κ1) is 8.78. The summed E-state index contributed by atoms with van der Waals surface area (Å²) >= 11 is 0.959. The van der Waals surface area contributed by atoms with Crippen molar-refractivity contribution in [2.45, 2.75) is 6.92 Å². The summed E-state index contributed by atoms with van der Waals surface area (Å²) in [7, 11) is 0. The third-order valence-electron chi connectivity index (χ3n) is 0.525. The van der Waals surface area contributed by atoms with Crippen molar-refractivity contribution < 1.29 is 14.6 Å². The monoisotopic (exact) mass is 149 g/mol. The van der Waals surface area contributed by atoms with Crippen LogP contribution in [0.4, 0.5) is 4.79 Å². The van der Waals surface area contributed by atoms with Gasteiger partial charge in [-0.25, -0.2) is 4.79 Å². The highest BCUT2D eigenvalue weighted by Gasteiger charge is 1.99. The molecule has 0 atom stereocenters. The van der Waals surface area contributed by atoms with E-state index in [1.807, 2.05) is 0 Å². The summed E-state index contributed by atoms with van der Waals surface area (Å²) in [4.78, 5) is 10.4. The Labute approximate surface area is 58.4 Å². The van der Waals surface area contributed by atoms with Crippen molar-refractivity contribution in [2.24, 2.45) is 0 Å². The first-order chi connectivity index (χ1) is 4.31. The highest BCUT2D eigenvalue weighted by atomic mass is 32.2. The van der Waals surface area contributed by atoms with Crippen LogP contribution in [0.15, 0.2) is 0 Å². The largest absolute Gasteiger partial charge is 0.451 e. The lowest BCUT2D eigenvalue weighted by molar-refractivity contribution is 0.202. The van der Waals surface area contributed by atoms with Gasteiger partial charge in [-0.05, 0) is 18.7 Å². The number of aliphatic hydroxyl groups excluding tert-OH is 1. The van der Waals surface area contributed by atoms with Crippen molar-refractivity contribution in [2.75, 3.05) is 12.4 Å². The topological polar surface area (TPSA) is 46.5 Å². The maximum atomic E-state index is 10.4. The van der Waals surface area contributed by atoms with E-state index >= 15 is 0 Å². The normalized spacial score (nSPS) is 9.11. The lowest BCUT2D eigenvalue weighted by Crippen LogP contribution is -1.96. The van der Waals surface area contributed by atoms with Gasteiger partial charge in [0.15, 0.2) is 0 Å². The lowest BCUT2D eigenvalue weighted by Gasteiger charge is -1.96. The second-order valence-electron chi connectivity index (χ2n) is 1.18. The molecule has 0 aromatic rings. The second-order valence-corrected chi connectivity index (χ2v) is 2.21. The summed E-state index contributed by atoms with van der Waals surface area (Å²) in [5.41, 5.74) is 0. The quantitative estimate of drug-likeness (QED) is 0.609. The molecular weight excluding hydrogens is 140 g/mol. The molecule has 9 heavy (non-hydrogen) atoms. The first-order valence-electron chi connectivity index (χ1n) is 2.53. The van der Waals surface area contributed by atoms with E-state index in [-0.39, 0.29) is 11.9 Å². The predicted octanol–water partition coefficient (Wildman–Crippen LogP) is 1.03. The van der Waals surface area contributed by atoms with E-state index in [1.165, 1.54) is 6.61 Å². The Morgan fingerprint density at radius 3 is 3.00 bits per heavy atom. The van der Waals surface area contributed by atoms with Crippen LogP contribution in [0, 0.1) is 6.61 Å². The van der Waals surface area contributed by atoms with E-state index in [4.69, 9.17) is 5.11 Å². The van der Waals surface area contributed by atoms with Crippen LogP contribution in [0.25, 0.3) is 0 Å². The van der Waals surface area contributed by atoms with E-state index in [0.29, 0.717) is 5.75 Å². The van der Waals surface area contributed by atoms with Crippen molar-refractivity contribution >= 4 is 17.1 Å². The third-order valence-corrected chi connectivity index (χ3v) is 1.24. The molecule has 0 heterocycles. The third kappa shape index (κ3) is 5.65. The molecule has 0 aliphatic carbocycles. The van der Waals surface area contributed by atoms with Crippen LogP contribution in [-0.4, -0.2) is 22.8 Å². The number of hydrogen-bond acceptors (Lipinski definition) is 4. The molecule has 0 aliphatic heterocycles. The minimum absolute atomic E-state index is 0.00345. The molecule has 4 heteroatoms. The molecule has 0 saturated carbocycles. The van der Waals surface area contributed by atoms with E-state index in [1.54, 1.807) is 6.92 Å². The second kappa shape index (κ2) is 5.91. The first-order valence-corrected chi connectivity index (χ1v) is 3.52. The highest BCUT2D eigenvalue weighted by Crippen LogP contribution is 2.04. The fourth-order valence-electron chi connectivity index (χ4n) is 0.259. The lowest BCUT2D eigenvalue weighted by atomic mass is 10.9. The maximum Gasteiger partial charge on any atom is 0.367 e. The molecule has 0 unspecified atom stereocenters. The van der Waals surface area contributed by atoms with Crippen LogP contribution >= 0.6 is 11.8 Å². The fourth-order valence-corrected chi connectivity index (χ4v) is 0.681. The van der Waals surface area contributed by atoms with Crippen molar-refractivity contribution in [3.8, 4) is 0 Å². The minimum atomic E-state index is -0.369. The molecule has 0 aliphatic rings. The van der Waals surface area contributed by atoms with Gasteiger partial charge in [0.1, 0.15) is 6.61 Å². The number of rotatable bonds is 3. The molecule has 53 valence electrons. The van der Waals surface area contributed by atoms with Crippen molar-refractivity contribution in [3.63, 3.8) is 0 Å². The van der Waals surface area contributed by atoms with Gasteiger partial charge < -0.3 is 9.84 Å². The summed E-state index contributed by atoms with van der Waals surface area (Å²) in [6.45, 7) is 2.94. The highest BCUT2D eigenvalue weighted by molar-refractivity contribution is 8.13. The van der Waals surface area contributed by atoms with Gasteiger partial charge in [0.05, 0.1) is 6.61 Å². The average Bonchev–Trinajstić information content (AvgIpc) is 1.85. The predicted molar refractivity (Wildman–Crippen MR) is 36.0 cm³/mol. The molecule has 1 N–H and O–H groups in total. The van der Waals surface area contributed by atoms with Crippen molar-refractivity contribution in [1.29, 1.82) is 0 Å². The Kier molecular flexibility index (Phi) is 5.76. The van der Waals surface area contributed by atoms with E-state index in [0.717, 1.165) is 11.8 Å². The summed E-state index contributed by atoms with van der Waals surface area (Å²) < 4.78 is 4.43. The molecule has 0 rings (SSSR count). The Morgan fingerprint density at radius 2 is 2.56 bits per heavy atom. The summed E-state index contributed by atoms with van der Waals surface area (Å²) in [5, 5.41) is 7.88. The molecule has 0 fully saturated rings. The van der Waals surface area contributed by atoms with Crippen LogP contribution in [0.5, 0.6) is 0 Å². The van der Waals surface area contributed by atoms with Gasteiger partial charge >= 0.3 is 5.30 Å². The van der Waals surface area contributed by atoms with Crippen molar-refractivity contribution in [1.82, 2.24) is 0 Å². The number of hydrogen-bond donors (Lipinski definition) is 1. The molecule has 1 radical (unpaired) electrons. The average molecular weight is 149 g/mol. The van der Waals surface area contributed by atoms with Gasteiger partial charge in [-0.1, -0.05) is 0 Å². The number of carbonyl (C=O) groups is 1. The van der Waals surface area contributed by atoms with Gasteiger partial charge in [0, 0.05) is 5.75 Å². The van der Waals surface area contributed by atoms with Crippen LogP contribution in [0.1, 0.15) is 6.92 Å². The van der Waals surface area contributed by atoms with Crippen molar-refractivity contribution in [3.05, 3.63) is 6.61 Å². The minimum Gasteiger partial charge on any atom is -0.451 e. The summed E-state index contributed by atoms with van der Waals surface area (Å²) in [5.74, 6) is 0.396. The van der Waals surface area contributed by atoms with E-state index in [2.05, 4.69) is 4.74 Å². The Morgan fingerprint density at radius 1 is 1.89 bits per heavy atom. The van der Waals surface area contributed by atoms with E-state index in [9.17, 15) is 4.79 Å². The zero-order valence-electron chi connectivity index (χ0n) is 5.16. The SMILES string of the molecule is C[CH]OC(=O)SCCO. The van der Waals surface area contributed by atoms with E-state index < -0.39 is 0 Å². The van der Waals surface area contributed by atoms with Gasteiger partial charge in [0.2, 0.25) is 0 Å². The number of thioether (sulfide) groups is 1. The zero-order valence-corrected chi connectivity index (χ0v) is 5.98. The van der Waals surface area contributed by atoms with Crippen LogP contribution in [0.2, 0.25) is 0 Å². The van der Waals surface area contributed by atoms with Crippen LogP contribution in [-0.2, 0) is 4.74 Å². The Bertz CT molecular complexity index is 84.3. The summed E-state index contributed by atoms with van der Waals surface area (Å²) in [6.07, 6.45) is 0. The molecule has 0 aromatic heterocycles. The number of carbonyl (C=O) groups excluding carboxylic acids is 1. The number of ether oxygens (including phenoxy) is 1. The molecule has 0 amide bonds. The van der Waals surface area contributed by atoms with Gasteiger partial charge in [-0.3, -0.25) is 0 Å². The zero-order chi connectivity index (χ0) is 7.11. The summed E-state index contributed by atoms with van der Waals surface area (Å²) in [6, 6.07) is 0.